The first kappa shape index (κ1) is 26.1. The van der Waals surface area contributed by atoms with Gasteiger partial charge in [0.15, 0.2) is 0 Å². The van der Waals surface area contributed by atoms with E-state index in [9.17, 15) is 22.8 Å². The van der Waals surface area contributed by atoms with Crippen molar-refractivity contribution in [2.24, 2.45) is 0 Å². The van der Waals surface area contributed by atoms with Crippen LogP contribution in [0.25, 0.3) is 22.5 Å². The summed E-state index contributed by atoms with van der Waals surface area (Å²) in [5.74, 6) is -2.24. The van der Waals surface area contributed by atoms with Crippen LogP contribution in [0.5, 0.6) is 0 Å². The average Bonchev–Trinajstić information content (AvgIpc) is 3.48. The zero-order chi connectivity index (χ0) is 27.4. The quantitative estimate of drug-likeness (QED) is 0.384. The monoisotopic (exact) mass is 536 g/mol. The third kappa shape index (κ3) is 5.99. The van der Waals surface area contributed by atoms with Gasteiger partial charge < -0.3 is 19.5 Å². The molecule has 5 rings (SSSR count). The van der Waals surface area contributed by atoms with Gasteiger partial charge in [0.05, 0.1) is 19.3 Å². The normalized spacial score (nSPS) is 15.7. The maximum atomic E-state index is 13.3. The molecule has 0 bridgehead atoms. The lowest BCUT2D eigenvalue weighted by atomic mass is 10.0. The number of amides is 2. The van der Waals surface area contributed by atoms with Crippen molar-refractivity contribution in [2.45, 2.75) is 12.2 Å². The van der Waals surface area contributed by atoms with Gasteiger partial charge in [-0.05, 0) is 35.4 Å². The Labute approximate surface area is 221 Å². The largest absolute Gasteiger partial charge is 0.471 e. The lowest BCUT2D eigenvalue weighted by Gasteiger charge is -2.35. The zero-order valence-corrected chi connectivity index (χ0v) is 20.5. The second-order valence-corrected chi connectivity index (χ2v) is 8.88. The Morgan fingerprint density at radius 2 is 1.54 bits per heavy atom. The number of hydrogen-bond donors (Lipinski definition) is 1. The molecule has 3 aromatic carbocycles. The third-order valence-corrected chi connectivity index (χ3v) is 6.30. The number of nitrogens with zero attached hydrogens (tertiary/aromatic N) is 3. The summed E-state index contributed by atoms with van der Waals surface area (Å²) in [6.45, 7) is 1.21. The van der Waals surface area contributed by atoms with Crippen molar-refractivity contribution in [1.29, 1.82) is 0 Å². The Morgan fingerprint density at radius 1 is 0.897 bits per heavy atom. The number of rotatable bonds is 6. The second kappa shape index (κ2) is 11.1. The number of carbonyl (C=O) groups is 2. The Bertz CT molecular complexity index is 1440. The van der Waals surface area contributed by atoms with E-state index in [1.54, 1.807) is 17.0 Å². The van der Waals surface area contributed by atoms with Crippen LogP contribution < -0.4 is 5.32 Å². The molecule has 1 saturated heterocycles. The number of aromatic nitrogens is 2. The van der Waals surface area contributed by atoms with Gasteiger partial charge in [-0.3, -0.25) is 9.59 Å². The molecular formula is C28H23F3N4O4. The van der Waals surface area contributed by atoms with Crippen LogP contribution in [0.2, 0.25) is 0 Å². The maximum Gasteiger partial charge on any atom is 0.471 e. The van der Waals surface area contributed by atoms with Gasteiger partial charge >= 0.3 is 12.1 Å². The van der Waals surface area contributed by atoms with Crippen molar-refractivity contribution in [3.63, 3.8) is 0 Å². The van der Waals surface area contributed by atoms with Gasteiger partial charge in [0.2, 0.25) is 5.82 Å². The highest BCUT2D eigenvalue weighted by molar-refractivity contribution is 5.96. The molecule has 1 N–H and O–H groups in total. The summed E-state index contributed by atoms with van der Waals surface area (Å²) in [6.07, 6.45) is -4.74. The number of nitrogens with one attached hydrogen (secondary N) is 1. The molecule has 200 valence electrons. The third-order valence-electron chi connectivity index (χ3n) is 6.30. The number of morpholine rings is 1. The van der Waals surface area contributed by atoms with Crippen LogP contribution in [0.4, 0.5) is 13.2 Å². The Kier molecular flexibility index (Phi) is 7.42. The molecule has 1 aromatic heterocycles. The minimum atomic E-state index is -4.74. The van der Waals surface area contributed by atoms with E-state index in [2.05, 4.69) is 20.0 Å². The molecule has 2 amide bonds. The smallest absolute Gasteiger partial charge is 0.377 e. The Balaban J connectivity index is 1.21. The molecule has 4 aromatic rings. The lowest BCUT2D eigenvalue weighted by Crippen LogP contribution is -2.53. The van der Waals surface area contributed by atoms with Crippen molar-refractivity contribution in [1.82, 2.24) is 20.4 Å². The molecule has 0 saturated carbocycles. The predicted molar refractivity (Wildman–Crippen MR) is 135 cm³/mol. The summed E-state index contributed by atoms with van der Waals surface area (Å²) in [4.78, 5) is 31.0. The minimum absolute atomic E-state index is 0.153. The summed E-state index contributed by atoms with van der Waals surface area (Å²) in [7, 11) is 0. The van der Waals surface area contributed by atoms with Crippen LogP contribution in [0.1, 0.15) is 26.6 Å². The maximum absolute atomic E-state index is 13.3. The summed E-state index contributed by atoms with van der Waals surface area (Å²) < 4.78 is 47.9. The topological polar surface area (TPSA) is 97.6 Å². The van der Waals surface area contributed by atoms with E-state index in [0.29, 0.717) is 18.7 Å². The molecule has 39 heavy (non-hydrogen) atoms. The molecule has 2 heterocycles. The van der Waals surface area contributed by atoms with Crippen molar-refractivity contribution in [2.75, 3.05) is 26.3 Å². The number of carbonyl (C=O) groups excluding carboxylic acids is 2. The first-order chi connectivity index (χ1) is 18.8. The molecular weight excluding hydrogens is 513 g/mol. The van der Waals surface area contributed by atoms with Gasteiger partial charge in [0.1, 0.15) is 0 Å². The molecule has 0 radical (unpaired) electrons. The highest BCUT2D eigenvalue weighted by atomic mass is 19.4. The van der Waals surface area contributed by atoms with Crippen LogP contribution >= 0.6 is 0 Å². The van der Waals surface area contributed by atoms with E-state index >= 15 is 0 Å². The van der Waals surface area contributed by atoms with Gasteiger partial charge in [-0.2, -0.15) is 18.2 Å². The summed E-state index contributed by atoms with van der Waals surface area (Å²) >= 11 is 0. The zero-order valence-electron chi connectivity index (χ0n) is 20.5. The SMILES string of the molecule is O=C(NCC1COCCN1C(=O)c1ccc(-c2ccccc2)cc1)c1ccc(-c2noc(C(F)(F)F)n2)cc1. The standard InChI is InChI=1S/C28H23F3N4O4/c29-28(30,31)27-33-24(34-39-27)20-8-10-21(11-9-20)25(36)32-16-23-17-38-15-14-35(23)26(37)22-12-6-19(7-13-22)18-4-2-1-3-5-18/h1-13,23H,14-17H2,(H,32,36). The molecule has 0 spiro atoms. The number of ether oxygens (including phenoxy) is 1. The fourth-order valence-electron chi connectivity index (χ4n) is 4.23. The van der Waals surface area contributed by atoms with Crippen LogP contribution in [-0.4, -0.2) is 59.2 Å². The van der Waals surface area contributed by atoms with Crippen molar-refractivity contribution in [3.8, 4) is 22.5 Å². The average molecular weight is 537 g/mol. The Hall–Kier alpha value is -4.51. The van der Waals surface area contributed by atoms with Gasteiger partial charge in [-0.15, -0.1) is 0 Å². The molecule has 1 aliphatic rings. The van der Waals surface area contributed by atoms with Gasteiger partial charge in [-0.25, -0.2) is 0 Å². The van der Waals surface area contributed by atoms with Crippen molar-refractivity contribution in [3.05, 3.63) is 95.9 Å². The van der Waals surface area contributed by atoms with Crippen molar-refractivity contribution >= 4 is 11.8 Å². The minimum Gasteiger partial charge on any atom is -0.377 e. The van der Waals surface area contributed by atoms with Gasteiger partial charge in [0, 0.05) is 29.8 Å². The fourth-order valence-corrected chi connectivity index (χ4v) is 4.23. The number of halogens is 3. The van der Waals surface area contributed by atoms with Crippen LogP contribution in [0.15, 0.2) is 83.4 Å². The molecule has 1 aliphatic heterocycles. The first-order valence-corrected chi connectivity index (χ1v) is 12.1. The summed E-state index contributed by atoms with van der Waals surface area (Å²) in [5.41, 5.74) is 3.15. The molecule has 11 heteroatoms. The van der Waals surface area contributed by atoms with E-state index in [0.717, 1.165) is 11.1 Å². The molecule has 1 unspecified atom stereocenters. The highest BCUT2D eigenvalue weighted by Crippen LogP contribution is 2.29. The van der Waals surface area contributed by atoms with E-state index in [-0.39, 0.29) is 42.1 Å². The highest BCUT2D eigenvalue weighted by Gasteiger charge is 2.38. The van der Waals surface area contributed by atoms with Gasteiger partial charge in [0.25, 0.3) is 11.8 Å². The number of alkyl halides is 3. The van der Waals surface area contributed by atoms with E-state index in [1.807, 2.05) is 42.5 Å². The Morgan fingerprint density at radius 3 is 2.21 bits per heavy atom. The second-order valence-electron chi connectivity index (χ2n) is 8.88. The molecule has 1 fully saturated rings. The van der Waals surface area contributed by atoms with E-state index in [1.165, 1.54) is 24.3 Å². The van der Waals surface area contributed by atoms with Crippen LogP contribution in [0, 0.1) is 0 Å². The van der Waals surface area contributed by atoms with Gasteiger partial charge in [-0.1, -0.05) is 59.8 Å². The fraction of sp³-hybridized carbons (Fsp3) is 0.214. The molecule has 1 atom stereocenters. The van der Waals surface area contributed by atoms with Crippen LogP contribution in [-0.2, 0) is 10.9 Å². The first-order valence-electron chi connectivity index (χ1n) is 12.1. The molecule has 0 aliphatic carbocycles. The van der Waals surface area contributed by atoms with E-state index in [4.69, 9.17) is 4.74 Å². The molecule has 8 nitrogen and oxygen atoms in total. The lowest BCUT2D eigenvalue weighted by molar-refractivity contribution is -0.159. The van der Waals surface area contributed by atoms with E-state index < -0.39 is 18.0 Å². The summed E-state index contributed by atoms with van der Waals surface area (Å²) in [6, 6.07) is 22.6. The number of hydrogen-bond acceptors (Lipinski definition) is 6. The van der Waals surface area contributed by atoms with Crippen molar-refractivity contribution < 1.29 is 32.0 Å². The predicted octanol–water partition coefficient (Wildman–Crippen LogP) is 4.69. The number of benzene rings is 3. The van der Waals surface area contributed by atoms with Crippen LogP contribution in [0.3, 0.4) is 0 Å². The summed E-state index contributed by atoms with van der Waals surface area (Å²) in [5, 5.41) is 6.14.